The number of benzene rings is 2. The zero-order valence-electron chi connectivity index (χ0n) is 16.9. The average molecular weight is 380 g/mol. The van der Waals surface area contributed by atoms with Gasteiger partial charge < -0.3 is 10.2 Å². The summed E-state index contributed by atoms with van der Waals surface area (Å²) in [5, 5.41) is 2.85. The average Bonchev–Trinajstić information content (AvgIpc) is 2.68. The van der Waals surface area contributed by atoms with Gasteiger partial charge in [0.15, 0.2) is 0 Å². The van der Waals surface area contributed by atoms with Crippen molar-refractivity contribution in [3.63, 3.8) is 0 Å². The summed E-state index contributed by atoms with van der Waals surface area (Å²) in [6.07, 6.45) is 0. The molecule has 0 unspecified atom stereocenters. The van der Waals surface area contributed by atoms with E-state index in [1.165, 1.54) is 11.1 Å². The van der Waals surface area contributed by atoms with E-state index in [0.717, 1.165) is 38.4 Å². The van der Waals surface area contributed by atoms with Crippen LogP contribution in [-0.4, -0.2) is 47.8 Å². The summed E-state index contributed by atoms with van der Waals surface area (Å²) in [6.45, 7) is 9.96. The second kappa shape index (κ2) is 9.02. The number of nitrogens with one attached hydrogen (secondary N) is 1. The van der Waals surface area contributed by atoms with E-state index in [2.05, 4.69) is 41.4 Å². The van der Waals surface area contributed by atoms with Gasteiger partial charge in [-0.3, -0.25) is 14.5 Å². The molecule has 1 aliphatic heterocycles. The number of nitrogens with zero attached hydrogens (tertiary/aromatic N) is 2. The Bertz CT molecular complexity index is 822. The van der Waals surface area contributed by atoms with Crippen molar-refractivity contribution in [3.05, 3.63) is 65.2 Å². The highest BCUT2D eigenvalue weighted by atomic mass is 16.2. The molecule has 3 rings (SSSR count). The van der Waals surface area contributed by atoms with E-state index in [4.69, 9.17) is 0 Å². The summed E-state index contributed by atoms with van der Waals surface area (Å²) in [4.78, 5) is 28.8. The molecule has 0 aromatic heterocycles. The van der Waals surface area contributed by atoms with Crippen molar-refractivity contribution >= 4 is 17.5 Å². The summed E-state index contributed by atoms with van der Waals surface area (Å²) in [5.41, 5.74) is 3.98. The van der Waals surface area contributed by atoms with Crippen LogP contribution in [-0.2, 0) is 11.3 Å². The van der Waals surface area contributed by atoms with E-state index in [9.17, 15) is 9.59 Å². The van der Waals surface area contributed by atoms with Gasteiger partial charge in [0.05, 0.1) is 0 Å². The maximum Gasteiger partial charge on any atom is 0.253 e. The molecule has 2 amide bonds. The molecule has 1 fully saturated rings. The van der Waals surface area contributed by atoms with Crippen molar-refractivity contribution in [2.45, 2.75) is 27.3 Å². The molecule has 0 saturated carbocycles. The Morgan fingerprint density at radius 1 is 1.00 bits per heavy atom. The molecule has 1 N–H and O–H groups in total. The lowest BCUT2D eigenvalue weighted by molar-refractivity contribution is -0.118. The van der Waals surface area contributed by atoms with Gasteiger partial charge in [-0.1, -0.05) is 43.7 Å². The third-order valence-corrected chi connectivity index (χ3v) is 5.07. The number of anilines is 1. The normalized spacial score (nSPS) is 14.9. The van der Waals surface area contributed by atoms with Gasteiger partial charge in [0.2, 0.25) is 5.91 Å². The molecule has 0 atom stereocenters. The monoisotopic (exact) mass is 379 g/mol. The summed E-state index contributed by atoms with van der Waals surface area (Å²) in [5.74, 6) is -0.0434. The standard InChI is InChI=1S/C23H29N3O2/c1-17(2)22(27)24-21-9-7-20(8-10-21)23(28)26-13-11-25(12-14-26)16-19-6-4-5-18(3)15-19/h4-10,15,17H,11-14,16H2,1-3H3,(H,24,27). The number of carbonyl (C=O) groups is 2. The largest absolute Gasteiger partial charge is 0.336 e. The molecule has 0 spiro atoms. The SMILES string of the molecule is Cc1cccc(CN2CCN(C(=O)c3ccc(NC(=O)C(C)C)cc3)CC2)c1. The molecule has 0 radical (unpaired) electrons. The van der Waals surface area contributed by atoms with Gasteiger partial charge in [-0.2, -0.15) is 0 Å². The van der Waals surface area contributed by atoms with Gasteiger partial charge >= 0.3 is 0 Å². The minimum absolute atomic E-state index is 0.0243. The first kappa shape index (κ1) is 20.1. The Kier molecular flexibility index (Phi) is 6.47. The Hall–Kier alpha value is -2.66. The fraction of sp³-hybridized carbons (Fsp3) is 0.391. The lowest BCUT2D eigenvalue weighted by atomic mass is 10.1. The Labute approximate surface area is 167 Å². The van der Waals surface area contributed by atoms with Crippen LogP contribution in [0.3, 0.4) is 0 Å². The third kappa shape index (κ3) is 5.20. The van der Waals surface area contributed by atoms with Crippen molar-refractivity contribution in [3.8, 4) is 0 Å². The maximum absolute atomic E-state index is 12.8. The third-order valence-electron chi connectivity index (χ3n) is 5.07. The molecule has 5 heteroatoms. The smallest absolute Gasteiger partial charge is 0.253 e. The quantitative estimate of drug-likeness (QED) is 0.864. The molecule has 0 aliphatic carbocycles. The number of carbonyl (C=O) groups excluding carboxylic acids is 2. The summed E-state index contributed by atoms with van der Waals surface area (Å²) in [7, 11) is 0. The second-order valence-electron chi connectivity index (χ2n) is 7.78. The molecular formula is C23H29N3O2. The van der Waals surface area contributed by atoms with E-state index < -0.39 is 0 Å². The van der Waals surface area contributed by atoms with E-state index in [1.54, 1.807) is 24.3 Å². The molecule has 1 saturated heterocycles. The first-order valence-corrected chi connectivity index (χ1v) is 9.90. The van der Waals surface area contributed by atoms with Crippen molar-refractivity contribution in [2.75, 3.05) is 31.5 Å². The van der Waals surface area contributed by atoms with Crippen LogP contribution in [0.1, 0.15) is 35.3 Å². The number of rotatable bonds is 5. The van der Waals surface area contributed by atoms with Gasteiger partial charge in [-0.15, -0.1) is 0 Å². The van der Waals surface area contributed by atoms with Crippen LogP contribution < -0.4 is 5.32 Å². The zero-order valence-corrected chi connectivity index (χ0v) is 16.9. The van der Waals surface area contributed by atoms with Gasteiger partial charge in [0, 0.05) is 49.9 Å². The Morgan fingerprint density at radius 3 is 2.29 bits per heavy atom. The topological polar surface area (TPSA) is 52.6 Å². The van der Waals surface area contributed by atoms with E-state index in [0.29, 0.717) is 5.56 Å². The van der Waals surface area contributed by atoms with Gasteiger partial charge in [-0.05, 0) is 36.8 Å². The van der Waals surface area contributed by atoms with E-state index in [1.807, 2.05) is 18.7 Å². The fourth-order valence-corrected chi connectivity index (χ4v) is 3.34. The number of piperazine rings is 1. The summed E-state index contributed by atoms with van der Waals surface area (Å²) >= 11 is 0. The van der Waals surface area contributed by atoms with Crippen molar-refractivity contribution in [1.29, 1.82) is 0 Å². The van der Waals surface area contributed by atoms with E-state index in [-0.39, 0.29) is 17.7 Å². The number of hydrogen-bond acceptors (Lipinski definition) is 3. The Balaban J connectivity index is 1.52. The molecule has 148 valence electrons. The van der Waals surface area contributed by atoms with E-state index >= 15 is 0 Å². The maximum atomic E-state index is 12.8. The first-order chi connectivity index (χ1) is 13.4. The lowest BCUT2D eigenvalue weighted by Gasteiger charge is -2.34. The van der Waals surface area contributed by atoms with Crippen molar-refractivity contribution in [1.82, 2.24) is 9.80 Å². The summed E-state index contributed by atoms with van der Waals surface area (Å²) in [6, 6.07) is 15.7. The molecular weight excluding hydrogens is 350 g/mol. The molecule has 0 bridgehead atoms. The van der Waals surface area contributed by atoms with Crippen molar-refractivity contribution < 1.29 is 9.59 Å². The predicted octanol–water partition coefficient (Wildman–Crippen LogP) is 3.55. The number of aryl methyl sites for hydroxylation is 1. The molecule has 1 heterocycles. The highest BCUT2D eigenvalue weighted by Crippen LogP contribution is 2.15. The Morgan fingerprint density at radius 2 is 1.68 bits per heavy atom. The van der Waals surface area contributed by atoms with Crippen LogP contribution >= 0.6 is 0 Å². The zero-order chi connectivity index (χ0) is 20.1. The molecule has 5 nitrogen and oxygen atoms in total. The lowest BCUT2D eigenvalue weighted by Crippen LogP contribution is -2.48. The minimum atomic E-state index is -0.0718. The summed E-state index contributed by atoms with van der Waals surface area (Å²) < 4.78 is 0. The van der Waals surface area contributed by atoms with Crippen LogP contribution in [0.15, 0.2) is 48.5 Å². The number of amides is 2. The van der Waals surface area contributed by atoms with Gasteiger partial charge in [0.1, 0.15) is 0 Å². The minimum Gasteiger partial charge on any atom is -0.336 e. The van der Waals surface area contributed by atoms with Crippen LogP contribution in [0.5, 0.6) is 0 Å². The number of hydrogen-bond donors (Lipinski definition) is 1. The molecule has 2 aromatic rings. The van der Waals surface area contributed by atoms with Crippen molar-refractivity contribution in [2.24, 2.45) is 5.92 Å². The van der Waals surface area contributed by atoms with Gasteiger partial charge in [0.25, 0.3) is 5.91 Å². The van der Waals surface area contributed by atoms with Crippen LogP contribution in [0.2, 0.25) is 0 Å². The molecule has 28 heavy (non-hydrogen) atoms. The highest BCUT2D eigenvalue weighted by molar-refractivity contribution is 5.96. The fourth-order valence-electron chi connectivity index (χ4n) is 3.34. The second-order valence-corrected chi connectivity index (χ2v) is 7.78. The van der Waals surface area contributed by atoms with Crippen LogP contribution in [0, 0.1) is 12.8 Å². The van der Waals surface area contributed by atoms with Gasteiger partial charge in [-0.25, -0.2) is 0 Å². The first-order valence-electron chi connectivity index (χ1n) is 9.90. The highest BCUT2D eigenvalue weighted by Gasteiger charge is 2.22. The molecule has 1 aliphatic rings. The molecule has 2 aromatic carbocycles. The van der Waals surface area contributed by atoms with Crippen LogP contribution in [0.4, 0.5) is 5.69 Å². The van der Waals surface area contributed by atoms with Crippen LogP contribution in [0.25, 0.3) is 0 Å². The predicted molar refractivity (Wildman–Crippen MR) is 112 cm³/mol.